The molecule has 1 saturated heterocycles. The molecule has 0 spiro atoms. The lowest BCUT2D eigenvalue weighted by Gasteiger charge is -2.28. The number of carbonyl (C=O) groups is 3. The van der Waals surface area contributed by atoms with Gasteiger partial charge in [-0.05, 0) is 45.0 Å². The van der Waals surface area contributed by atoms with Crippen LogP contribution in [0.5, 0.6) is 0 Å². The third kappa shape index (κ3) is 8.59. The number of rotatable bonds is 8. The SMILES string of the molecule is CC(C)(C)OC(=O)Nc1ccccc1NC(=O)c1ccc(C(=O)NCC(O)CN2CCOCC2)cn1. The van der Waals surface area contributed by atoms with Crippen molar-refractivity contribution < 1.29 is 29.0 Å². The highest BCUT2D eigenvalue weighted by Crippen LogP contribution is 2.22. The molecule has 0 aliphatic carbocycles. The second-order valence-corrected chi connectivity index (χ2v) is 9.34. The number of anilines is 2. The summed E-state index contributed by atoms with van der Waals surface area (Å²) in [5, 5.41) is 18.2. The molecule has 36 heavy (non-hydrogen) atoms. The van der Waals surface area contributed by atoms with Gasteiger partial charge in [-0.1, -0.05) is 12.1 Å². The highest BCUT2D eigenvalue weighted by atomic mass is 16.6. The zero-order valence-electron chi connectivity index (χ0n) is 20.7. The molecule has 0 radical (unpaired) electrons. The quantitative estimate of drug-likeness (QED) is 0.433. The number of para-hydroxylation sites is 2. The summed E-state index contributed by atoms with van der Waals surface area (Å²) in [6.07, 6.45) is -0.0594. The lowest BCUT2D eigenvalue weighted by Crippen LogP contribution is -2.44. The number of morpholine rings is 1. The number of aliphatic hydroxyl groups is 1. The fourth-order valence-electron chi connectivity index (χ4n) is 3.42. The number of aromatic nitrogens is 1. The van der Waals surface area contributed by atoms with E-state index in [0.717, 1.165) is 13.1 Å². The van der Waals surface area contributed by atoms with E-state index in [1.54, 1.807) is 45.0 Å². The first kappa shape index (κ1) is 27.1. The first-order valence-electron chi connectivity index (χ1n) is 11.7. The topological polar surface area (TPSA) is 142 Å². The second-order valence-electron chi connectivity index (χ2n) is 9.34. The Balaban J connectivity index is 1.53. The van der Waals surface area contributed by atoms with Crippen LogP contribution in [0.15, 0.2) is 42.6 Å². The number of ether oxygens (including phenoxy) is 2. The van der Waals surface area contributed by atoms with Crippen LogP contribution in [0.25, 0.3) is 0 Å². The molecule has 1 atom stereocenters. The molecular formula is C25H33N5O6. The number of hydrogen-bond donors (Lipinski definition) is 4. The summed E-state index contributed by atoms with van der Waals surface area (Å²) < 4.78 is 10.5. The number of nitrogens with zero attached hydrogens (tertiary/aromatic N) is 2. The summed E-state index contributed by atoms with van der Waals surface area (Å²) in [6.45, 7) is 8.58. The summed E-state index contributed by atoms with van der Waals surface area (Å²) >= 11 is 0. The van der Waals surface area contributed by atoms with Crippen molar-refractivity contribution in [3.05, 3.63) is 53.9 Å². The summed E-state index contributed by atoms with van der Waals surface area (Å²) in [4.78, 5) is 43.4. The van der Waals surface area contributed by atoms with Crippen molar-refractivity contribution in [2.45, 2.75) is 32.5 Å². The maximum absolute atomic E-state index is 12.7. The minimum atomic E-state index is -0.709. The molecule has 1 aliphatic heterocycles. The molecule has 1 aliphatic rings. The predicted octanol–water partition coefficient (Wildman–Crippen LogP) is 2.10. The zero-order chi connectivity index (χ0) is 26.1. The van der Waals surface area contributed by atoms with Crippen LogP contribution in [-0.2, 0) is 9.47 Å². The molecule has 11 nitrogen and oxygen atoms in total. The minimum absolute atomic E-state index is 0.0889. The van der Waals surface area contributed by atoms with E-state index >= 15 is 0 Å². The Morgan fingerprint density at radius 3 is 2.33 bits per heavy atom. The van der Waals surface area contributed by atoms with Crippen molar-refractivity contribution in [2.75, 3.05) is 50.0 Å². The molecule has 1 fully saturated rings. The highest BCUT2D eigenvalue weighted by molar-refractivity contribution is 6.06. The number of amides is 3. The van der Waals surface area contributed by atoms with E-state index in [2.05, 4.69) is 25.8 Å². The van der Waals surface area contributed by atoms with Gasteiger partial charge in [-0.15, -0.1) is 0 Å². The number of benzene rings is 1. The Hall–Kier alpha value is -3.54. The number of aliphatic hydroxyl groups excluding tert-OH is 1. The number of nitrogens with one attached hydrogen (secondary N) is 3. The molecule has 0 saturated carbocycles. The first-order valence-corrected chi connectivity index (χ1v) is 11.7. The van der Waals surface area contributed by atoms with Crippen molar-refractivity contribution in [2.24, 2.45) is 0 Å². The van der Waals surface area contributed by atoms with Gasteiger partial charge in [0.05, 0.1) is 36.3 Å². The average molecular weight is 500 g/mol. The summed E-state index contributed by atoms with van der Waals surface area (Å²) in [5.41, 5.74) is 0.419. The summed E-state index contributed by atoms with van der Waals surface area (Å²) in [7, 11) is 0. The standard InChI is InChI=1S/C25H33N5O6/c1-25(2,3)36-24(34)29-20-7-5-4-6-19(20)28-23(33)21-9-8-17(14-26-21)22(32)27-15-18(31)16-30-10-12-35-13-11-30/h4-9,14,18,31H,10-13,15-16H2,1-3H3,(H,27,32)(H,28,33)(H,29,34). The van der Waals surface area contributed by atoms with Crippen LogP contribution < -0.4 is 16.0 Å². The number of β-amino-alcohol motifs (C(OH)–C–C–N with tert-alkyl or cyclic N) is 1. The van der Waals surface area contributed by atoms with Crippen molar-refractivity contribution in [3.63, 3.8) is 0 Å². The number of carbonyl (C=O) groups excluding carboxylic acids is 3. The van der Waals surface area contributed by atoms with Crippen LogP contribution in [0, 0.1) is 0 Å². The van der Waals surface area contributed by atoms with E-state index < -0.39 is 29.6 Å². The Morgan fingerprint density at radius 2 is 1.72 bits per heavy atom. The second kappa shape index (κ2) is 12.4. The van der Waals surface area contributed by atoms with Crippen LogP contribution >= 0.6 is 0 Å². The number of hydrogen-bond acceptors (Lipinski definition) is 8. The van der Waals surface area contributed by atoms with E-state index in [1.807, 2.05) is 0 Å². The Kier molecular flexibility index (Phi) is 9.34. The van der Waals surface area contributed by atoms with Crippen molar-refractivity contribution >= 4 is 29.3 Å². The van der Waals surface area contributed by atoms with Gasteiger partial charge in [-0.3, -0.25) is 24.8 Å². The monoisotopic (exact) mass is 499 g/mol. The van der Waals surface area contributed by atoms with Crippen LogP contribution in [0.4, 0.5) is 16.2 Å². The molecule has 11 heteroatoms. The van der Waals surface area contributed by atoms with Gasteiger partial charge in [0.15, 0.2) is 0 Å². The minimum Gasteiger partial charge on any atom is -0.444 e. The third-order valence-corrected chi connectivity index (χ3v) is 5.14. The van der Waals surface area contributed by atoms with E-state index in [4.69, 9.17) is 9.47 Å². The average Bonchev–Trinajstić information content (AvgIpc) is 2.83. The highest BCUT2D eigenvalue weighted by Gasteiger charge is 2.19. The summed E-state index contributed by atoms with van der Waals surface area (Å²) in [5.74, 6) is -0.913. The first-order chi connectivity index (χ1) is 17.1. The third-order valence-electron chi connectivity index (χ3n) is 5.14. The fourth-order valence-corrected chi connectivity index (χ4v) is 3.42. The zero-order valence-corrected chi connectivity index (χ0v) is 20.7. The molecule has 0 bridgehead atoms. The largest absolute Gasteiger partial charge is 0.444 e. The van der Waals surface area contributed by atoms with E-state index in [9.17, 15) is 19.5 Å². The van der Waals surface area contributed by atoms with Crippen molar-refractivity contribution in [1.29, 1.82) is 0 Å². The van der Waals surface area contributed by atoms with Crippen LogP contribution in [0.3, 0.4) is 0 Å². The Labute approximate surface area is 210 Å². The van der Waals surface area contributed by atoms with Gasteiger partial charge < -0.3 is 25.2 Å². The Morgan fingerprint density at radius 1 is 1.06 bits per heavy atom. The van der Waals surface area contributed by atoms with Gasteiger partial charge in [-0.25, -0.2) is 4.79 Å². The normalized spacial score (nSPS) is 15.0. The maximum Gasteiger partial charge on any atom is 0.412 e. The van der Waals surface area contributed by atoms with Gasteiger partial charge in [0.2, 0.25) is 0 Å². The molecular weight excluding hydrogens is 466 g/mol. The molecule has 2 heterocycles. The molecule has 1 unspecified atom stereocenters. The maximum atomic E-state index is 12.7. The fraction of sp³-hybridized carbons (Fsp3) is 0.440. The smallest absolute Gasteiger partial charge is 0.412 e. The predicted molar refractivity (Wildman–Crippen MR) is 134 cm³/mol. The van der Waals surface area contributed by atoms with Crippen LogP contribution in [-0.4, -0.2) is 84.0 Å². The van der Waals surface area contributed by atoms with Gasteiger partial charge in [-0.2, -0.15) is 0 Å². The van der Waals surface area contributed by atoms with Crippen LogP contribution in [0.2, 0.25) is 0 Å². The van der Waals surface area contributed by atoms with E-state index in [1.165, 1.54) is 18.3 Å². The summed E-state index contributed by atoms with van der Waals surface area (Å²) in [6, 6.07) is 9.60. The van der Waals surface area contributed by atoms with Crippen LogP contribution in [0.1, 0.15) is 41.6 Å². The molecule has 2 aromatic rings. The van der Waals surface area contributed by atoms with Gasteiger partial charge in [0.1, 0.15) is 11.3 Å². The van der Waals surface area contributed by atoms with Crippen molar-refractivity contribution in [1.82, 2.24) is 15.2 Å². The van der Waals surface area contributed by atoms with Gasteiger partial charge in [0.25, 0.3) is 11.8 Å². The lowest BCUT2D eigenvalue weighted by molar-refractivity contribution is 0.0149. The molecule has 3 rings (SSSR count). The van der Waals surface area contributed by atoms with E-state index in [0.29, 0.717) is 31.1 Å². The van der Waals surface area contributed by atoms with Crippen molar-refractivity contribution in [3.8, 4) is 0 Å². The molecule has 1 aromatic carbocycles. The molecule has 4 N–H and O–H groups in total. The Bertz CT molecular complexity index is 1050. The van der Waals surface area contributed by atoms with E-state index in [-0.39, 0.29) is 17.8 Å². The molecule has 3 amide bonds. The molecule has 1 aromatic heterocycles. The lowest BCUT2D eigenvalue weighted by atomic mass is 10.2. The molecule has 194 valence electrons. The van der Waals surface area contributed by atoms with Gasteiger partial charge >= 0.3 is 6.09 Å². The number of pyridine rings is 1. The van der Waals surface area contributed by atoms with Gasteiger partial charge in [0, 0.05) is 32.4 Å².